The molecule has 2 aliphatic heterocycles. The highest BCUT2D eigenvalue weighted by Crippen LogP contribution is 2.64. The summed E-state index contributed by atoms with van der Waals surface area (Å²) in [6.45, 7) is 1.69. The van der Waals surface area contributed by atoms with Crippen molar-refractivity contribution >= 4 is 70.4 Å². The normalized spacial score (nSPS) is 25.9. The molecule has 0 unspecified atom stereocenters. The molecule has 4 aromatic rings. The van der Waals surface area contributed by atoms with E-state index in [-0.39, 0.29) is 35.2 Å². The molecule has 2 saturated heterocycles. The van der Waals surface area contributed by atoms with Gasteiger partial charge in [-0.25, -0.2) is 9.29 Å². The molecule has 9 nitrogen and oxygen atoms in total. The lowest BCUT2D eigenvalue weighted by Crippen LogP contribution is -2.48. The number of halogens is 3. The Labute approximate surface area is 326 Å². The van der Waals surface area contributed by atoms with E-state index >= 15 is 0 Å². The van der Waals surface area contributed by atoms with Gasteiger partial charge in [0.05, 0.1) is 53.8 Å². The summed E-state index contributed by atoms with van der Waals surface area (Å²) in [4.78, 5) is 59.9. The van der Waals surface area contributed by atoms with Gasteiger partial charge in [-0.3, -0.25) is 24.1 Å². The molecule has 4 amide bonds. The second kappa shape index (κ2) is 13.7. The van der Waals surface area contributed by atoms with Gasteiger partial charge in [0, 0.05) is 22.1 Å². The fraction of sp³-hybridized carbons (Fsp3) is 0.256. The number of nitrogens with zero attached hydrogens (tertiary/aromatic N) is 2. The first-order chi connectivity index (χ1) is 26.4. The maximum atomic E-state index is 14.6. The van der Waals surface area contributed by atoms with Gasteiger partial charge in [-0.05, 0) is 98.0 Å². The number of aromatic hydroxyl groups is 1. The van der Waals surface area contributed by atoms with E-state index in [1.807, 2.05) is 48.6 Å². The van der Waals surface area contributed by atoms with Gasteiger partial charge < -0.3 is 14.6 Å². The molecule has 0 bridgehead atoms. The van der Waals surface area contributed by atoms with E-state index in [1.165, 1.54) is 29.2 Å². The number of allylic oxidation sites excluding steroid dienone is 2. The second-order valence-corrected chi connectivity index (χ2v) is 15.4. The summed E-state index contributed by atoms with van der Waals surface area (Å²) in [5.74, 6) is -5.28. The molecule has 0 radical (unpaired) electrons. The van der Waals surface area contributed by atoms with Crippen LogP contribution in [-0.4, -0.2) is 43.0 Å². The standard InChI is InChI=1S/C43H35Cl2FN2O7/c1-43-32(40(51)48(42(43)53)26-11-15-34(46)33(45)20-26)21-30-28(38(43)31-19-24(44)8-16-35(31)49)13-14-29-37(30)41(52)47(39(29)50)25-9-5-22(6-10-25)4-7-23-18-27(54-2)12-17-36(23)55-3/h4-13,15-20,29-30,32,37-38,49H,14,21H2,1-3H3/t29-,30+,32-,37-,38+,43+/m0/s1. The second-order valence-electron chi connectivity index (χ2n) is 14.5. The third kappa shape index (κ3) is 5.73. The van der Waals surface area contributed by atoms with Crippen LogP contribution in [0.3, 0.4) is 0 Å². The van der Waals surface area contributed by atoms with Crippen LogP contribution in [0.5, 0.6) is 17.2 Å². The highest BCUT2D eigenvalue weighted by Gasteiger charge is 2.68. The third-order valence-electron chi connectivity index (χ3n) is 11.8. The van der Waals surface area contributed by atoms with Crippen molar-refractivity contribution in [3.05, 3.63) is 123 Å². The zero-order valence-electron chi connectivity index (χ0n) is 30.0. The van der Waals surface area contributed by atoms with Crippen LogP contribution in [0.4, 0.5) is 15.8 Å². The fourth-order valence-corrected chi connectivity index (χ4v) is 9.49. The van der Waals surface area contributed by atoms with Gasteiger partial charge in [0.2, 0.25) is 23.6 Å². The van der Waals surface area contributed by atoms with E-state index in [2.05, 4.69) is 0 Å². The van der Waals surface area contributed by atoms with Crippen LogP contribution in [0, 0.1) is 34.9 Å². The molecule has 8 rings (SSSR count). The molecule has 55 heavy (non-hydrogen) atoms. The van der Waals surface area contributed by atoms with Crippen LogP contribution in [0.25, 0.3) is 12.2 Å². The number of methoxy groups -OCH3 is 2. The van der Waals surface area contributed by atoms with E-state index in [1.54, 1.807) is 39.3 Å². The number of benzene rings is 4. The van der Waals surface area contributed by atoms with Crippen LogP contribution in [0.1, 0.15) is 42.4 Å². The summed E-state index contributed by atoms with van der Waals surface area (Å²) in [7, 11) is 3.18. The molecule has 0 spiro atoms. The maximum Gasteiger partial charge on any atom is 0.241 e. The predicted octanol–water partition coefficient (Wildman–Crippen LogP) is 8.46. The summed E-state index contributed by atoms with van der Waals surface area (Å²) < 4.78 is 25.0. The van der Waals surface area contributed by atoms with E-state index in [4.69, 9.17) is 32.7 Å². The Bertz CT molecular complexity index is 2360. The molecule has 0 aromatic heterocycles. The van der Waals surface area contributed by atoms with Crippen molar-refractivity contribution in [3.63, 3.8) is 0 Å². The Kier molecular flexibility index (Phi) is 9.09. The number of fused-ring (bicyclic) bond motifs is 4. The van der Waals surface area contributed by atoms with Gasteiger partial charge in [-0.1, -0.05) is 59.1 Å². The van der Waals surface area contributed by atoms with E-state index < -0.39 is 58.5 Å². The molecular weight excluding hydrogens is 746 g/mol. The molecule has 1 saturated carbocycles. The molecule has 6 atom stereocenters. The number of hydrogen-bond acceptors (Lipinski definition) is 7. The number of rotatable bonds is 7. The Balaban J connectivity index is 1.14. The predicted molar refractivity (Wildman–Crippen MR) is 207 cm³/mol. The topological polar surface area (TPSA) is 113 Å². The van der Waals surface area contributed by atoms with Gasteiger partial charge in [0.1, 0.15) is 23.1 Å². The highest BCUT2D eigenvalue weighted by atomic mass is 35.5. The number of ether oxygens (including phenoxy) is 2. The zero-order chi connectivity index (χ0) is 38.9. The van der Waals surface area contributed by atoms with Gasteiger partial charge in [0.15, 0.2) is 0 Å². The van der Waals surface area contributed by atoms with Crippen LogP contribution < -0.4 is 19.3 Å². The first-order valence-corrected chi connectivity index (χ1v) is 18.5. The van der Waals surface area contributed by atoms with Crippen molar-refractivity contribution in [2.24, 2.45) is 29.1 Å². The number of phenolic OH excluding ortho intramolecular Hbond substituents is 1. The maximum absolute atomic E-state index is 14.6. The summed E-state index contributed by atoms with van der Waals surface area (Å²) >= 11 is 12.6. The number of anilines is 2. The minimum Gasteiger partial charge on any atom is -0.508 e. The molecule has 280 valence electrons. The SMILES string of the molecule is COc1ccc(OC)c(C=Cc2ccc(N3C(=O)[C@H]4[C@H](CC=C5[C@H]4C[C@H]4C(=O)N(c6ccc(F)c(Cl)c6)C(=O)[C@@]4(C)[C@H]5c4cc(Cl)ccc4O)C3=O)cc2)c1. The quantitative estimate of drug-likeness (QED) is 0.114. The van der Waals surface area contributed by atoms with Gasteiger partial charge >= 0.3 is 0 Å². The van der Waals surface area contributed by atoms with Crippen molar-refractivity contribution in [2.75, 3.05) is 24.0 Å². The molecule has 2 heterocycles. The molecule has 2 aliphatic carbocycles. The lowest BCUT2D eigenvalue weighted by Gasteiger charge is -2.49. The summed E-state index contributed by atoms with van der Waals surface area (Å²) in [5, 5.41) is 11.3. The molecule has 1 N–H and O–H groups in total. The number of phenols is 1. The first kappa shape index (κ1) is 36.5. The molecule has 12 heteroatoms. The van der Waals surface area contributed by atoms with Crippen LogP contribution >= 0.6 is 23.2 Å². The minimum atomic E-state index is -1.43. The van der Waals surface area contributed by atoms with E-state index in [0.717, 1.165) is 22.1 Å². The van der Waals surface area contributed by atoms with E-state index in [9.17, 15) is 28.7 Å². The Morgan fingerprint density at radius 1 is 0.818 bits per heavy atom. The summed E-state index contributed by atoms with van der Waals surface area (Å²) in [6.07, 6.45) is 5.98. The first-order valence-electron chi connectivity index (χ1n) is 17.8. The molecule has 4 aliphatic rings. The largest absolute Gasteiger partial charge is 0.508 e. The summed E-state index contributed by atoms with van der Waals surface area (Å²) in [6, 6.07) is 20.7. The Hall–Kier alpha value is -5.45. The third-order valence-corrected chi connectivity index (χ3v) is 12.3. The lowest BCUT2D eigenvalue weighted by molar-refractivity contribution is -0.131. The smallest absolute Gasteiger partial charge is 0.241 e. The number of amides is 4. The lowest BCUT2D eigenvalue weighted by atomic mass is 9.51. The van der Waals surface area contributed by atoms with Gasteiger partial charge in [0.25, 0.3) is 0 Å². The zero-order valence-corrected chi connectivity index (χ0v) is 31.5. The Morgan fingerprint density at radius 2 is 1.56 bits per heavy atom. The number of imide groups is 2. The van der Waals surface area contributed by atoms with Crippen molar-refractivity contribution in [1.82, 2.24) is 0 Å². The Morgan fingerprint density at radius 3 is 2.27 bits per heavy atom. The van der Waals surface area contributed by atoms with Crippen LogP contribution in [-0.2, 0) is 19.2 Å². The number of hydrogen-bond donors (Lipinski definition) is 1. The fourth-order valence-electron chi connectivity index (χ4n) is 9.13. The molecule has 4 aromatic carbocycles. The van der Waals surface area contributed by atoms with Crippen molar-refractivity contribution < 1.29 is 38.1 Å². The van der Waals surface area contributed by atoms with Gasteiger partial charge in [-0.15, -0.1) is 0 Å². The minimum absolute atomic E-state index is 0.0989. The number of carbonyl (C=O) groups is 4. The average molecular weight is 782 g/mol. The van der Waals surface area contributed by atoms with Crippen molar-refractivity contribution in [1.29, 1.82) is 0 Å². The summed E-state index contributed by atoms with van der Waals surface area (Å²) in [5.41, 5.74) is 1.74. The monoisotopic (exact) mass is 780 g/mol. The van der Waals surface area contributed by atoms with Crippen molar-refractivity contribution in [2.45, 2.75) is 25.7 Å². The average Bonchev–Trinajstić information content (AvgIpc) is 3.55. The molecular formula is C43H35Cl2FN2O7. The van der Waals surface area contributed by atoms with Gasteiger partial charge in [-0.2, -0.15) is 0 Å². The highest BCUT2D eigenvalue weighted by molar-refractivity contribution is 6.32. The van der Waals surface area contributed by atoms with E-state index in [0.29, 0.717) is 33.3 Å². The molecule has 3 fully saturated rings. The van der Waals surface area contributed by atoms with Crippen LogP contribution in [0.15, 0.2) is 90.5 Å². The van der Waals surface area contributed by atoms with Crippen LogP contribution in [0.2, 0.25) is 10.0 Å². The van der Waals surface area contributed by atoms with Crippen molar-refractivity contribution in [3.8, 4) is 17.2 Å². The number of carbonyl (C=O) groups excluding carboxylic acids is 4.